The highest BCUT2D eigenvalue weighted by Crippen LogP contribution is 2.04. The van der Waals surface area contributed by atoms with Gasteiger partial charge in [0.05, 0.1) is 0 Å². The molecule has 0 saturated heterocycles. The Morgan fingerprint density at radius 2 is 1.80 bits per heavy atom. The molecule has 0 aliphatic heterocycles. The van der Waals surface area contributed by atoms with Gasteiger partial charge < -0.3 is 16.0 Å². The molecule has 0 aromatic carbocycles. The quantitative estimate of drug-likeness (QED) is 0.326. The molecule has 5 heteroatoms. The molecule has 118 valence electrons. The van der Waals surface area contributed by atoms with Crippen LogP contribution in [-0.4, -0.2) is 38.0 Å². The Morgan fingerprint density at radius 3 is 2.40 bits per heavy atom. The van der Waals surface area contributed by atoms with E-state index in [1.54, 1.807) is 0 Å². The normalized spacial score (nSPS) is 11.6. The summed E-state index contributed by atoms with van der Waals surface area (Å²) in [6.07, 6.45) is 4.56. The molecule has 0 radical (unpaired) electrons. The van der Waals surface area contributed by atoms with Gasteiger partial charge in [0.15, 0.2) is 5.96 Å². The first-order valence-corrected chi connectivity index (χ1v) is 7.89. The van der Waals surface area contributed by atoms with E-state index in [0.29, 0.717) is 6.54 Å². The van der Waals surface area contributed by atoms with Crippen molar-refractivity contribution in [3.8, 4) is 0 Å². The number of rotatable bonds is 10. The molecular formula is C15H32N4O. The van der Waals surface area contributed by atoms with Crippen LogP contribution in [0.15, 0.2) is 4.99 Å². The summed E-state index contributed by atoms with van der Waals surface area (Å²) in [7, 11) is 0. The van der Waals surface area contributed by atoms with E-state index in [2.05, 4.69) is 34.8 Å². The third-order valence-corrected chi connectivity index (χ3v) is 2.80. The van der Waals surface area contributed by atoms with E-state index in [0.717, 1.165) is 37.8 Å². The second kappa shape index (κ2) is 12.8. The SMILES string of the molecule is CCCNC(=O)CN=C(NCC)NCCCCC(C)C. The Hall–Kier alpha value is -1.26. The van der Waals surface area contributed by atoms with Crippen LogP contribution in [0.1, 0.15) is 53.4 Å². The van der Waals surface area contributed by atoms with Gasteiger partial charge in [0, 0.05) is 19.6 Å². The molecular weight excluding hydrogens is 252 g/mol. The van der Waals surface area contributed by atoms with Crippen LogP contribution >= 0.6 is 0 Å². The van der Waals surface area contributed by atoms with E-state index in [-0.39, 0.29) is 12.5 Å². The fourth-order valence-corrected chi connectivity index (χ4v) is 1.70. The van der Waals surface area contributed by atoms with Crippen molar-refractivity contribution >= 4 is 11.9 Å². The maximum atomic E-state index is 11.5. The lowest BCUT2D eigenvalue weighted by Crippen LogP contribution is -2.39. The Bertz CT molecular complexity index is 277. The van der Waals surface area contributed by atoms with E-state index in [4.69, 9.17) is 0 Å². The van der Waals surface area contributed by atoms with Gasteiger partial charge >= 0.3 is 0 Å². The van der Waals surface area contributed by atoms with E-state index in [1.807, 2.05) is 13.8 Å². The zero-order valence-electron chi connectivity index (χ0n) is 13.6. The van der Waals surface area contributed by atoms with Crippen LogP contribution in [0.4, 0.5) is 0 Å². The largest absolute Gasteiger partial charge is 0.357 e. The summed E-state index contributed by atoms with van der Waals surface area (Å²) in [5.74, 6) is 1.46. The molecule has 3 N–H and O–H groups in total. The molecule has 0 aromatic rings. The molecule has 0 bridgehead atoms. The maximum Gasteiger partial charge on any atom is 0.241 e. The van der Waals surface area contributed by atoms with Crippen LogP contribution in [0.2, 0.25) is 0 Å². The van der Waals surface area contributed by atoms with Crippen molar-refractivity contribution in [2.24, 2.45) is 10.9 Å². The molecule has 0 fully saturated rings. The van der Waals surface area contributed by atoms with Crippen molar-refractivity contribution in [2.75, 3.05) is 26.2 Å². The zero-order chi connectivity index (χ0) is 15.2. The van der Waals surface area contributed by atoms with Crippen molar-refractivity contribution in [2.45, 2.75) is 53.4 Å². The fraction of sp³-hybridized carbons (Fsp3) is 0.867. The predicted molar refractivity (Wildman–Crippen MR) is 86.0 cm³/mol. The highest BCUT2D eigenvalue weighted by Gasteiger charge is 2.01. The number of amides is 1. The predicted octanol–water partition coefficient (Wildman–Crippen LogP) is 1.89. The Kier molecular flexibility index (Phi) is 12.0. The minimum absolute atomic E-state index is 0.0242. The number of hydrogen-bond acceptors (Lipinski definition) is 2. The molecule has 0 aliphatic carbocycles. The minimum atomic E-state index is -0.0242. The first kappa shape index (κ1) is 18.7. The molecule has 0 saturated carbocycles. The highest BCUT2D eigenvalue weighted by molar-refractivity contribution is 5.84. The van der Waals surface area contributed by atoms with Crippen LogP contribution in [0.25, 0.3) is 0 Å². The lowest BCUT2D eigenvalue weighted by Gasteiger charge is -2.11. The topological polar surface area (TPSA) is 65.5 Å². The standard InChI is InChI=1S/C15H32N4O/c1-5-10-17-14(20)12-19-15(16-6-2)18-11-8-7-9-13(3)4/h13H,5-12H2,1-4H3,(H,17,20)(H2,16,18,19). The average Bonchev–Trinajstić information content (AvgIpc) is 2.41. The first-order chi connectivity index (χ1) is 9.60. The summed E-state index contributed by atoms with van der Waals surface area (Å²) < 4.78 is 0. The van der Waals surface area contributed by atoms with Crippen LogP contribution in [0.5, 0.6) is 0 Å². The summed E-state index contributed by atoms with van der Waals surface area (Å²) >= 11 is 0. The van der Waals surface area contributed by atoms with Gasteiger partial charge in [-0.05, 0) is 25.7 Å². The van der Waals surface area contributed by atoms with Gasteiger partial charge in [-0.3, -0.25) is 4.79 Å². The first-order valence-electron chi connectivity index (χ1n) is 7.89. The zero-order valence-corrected chi connectivity index (χ0v) is 13.6. The molecule has 0 aromatic heterocycles. The second-order valence-electron chi connectivity index (χ2n) is 5.36. The number of aliphatic imine (C=N–C) groups is 1. The van der Waals surface area contributed by atoms with E-state index in [9.17, 15) is 4.79 Å². The highest BCUT2D eigenvalue weighted by atomic mass is 16.1. The third kappa shape index (κ3) is 11.8. The molecule has 5 nitrogen and oxygen atoms in total. The number of nitrogens with one attached hydrogen (secondary N) is 3. The minimum Gasteiger partial charge on any atom is -0.357 e. The number of nitrogens with zero attached hydrogens (tertiary/aromatic N) is 1. The maximum absolute atomic E-state index is 11.5. The van der Waals surface area contributed by atoms with Gasteiger partial charge in [-0.25, -0.2) is 4.99 Å². The molecule has 1 amide bonds. The van der Waals surface area contributed by atoms with Gasteiger partial charge in [-0.15, -0.1) is 0 Å². The summed E-state index contributed by atoms with van der Waals surface area (Å²) in [6.45, 7) is 11.1. The molecule has 0 unspecified atom stereocenters. The lowest BCUT2D eigenvalue weighted by atomic mass is 10.1. The summed E-state index contributed by atoms with van der Waals surface area (Å²) in [5, 5.41) is 9.23. The Morgan fingerprint density at radius 1 is 1.05 bits per heavy atom. The van der Waals surface area contributed by atoms with E-state index >= 15 is 0 Å². The van der Waals surface area contributed by atoms with Gasteiger partial charge in [-0.1, -0.05) is 33.6 Å². The molecule has 0 rings (SSSR count). The number of hydrogen-bond donors (Lipinski definition) is 3. The molecule has 0 aliphatic rings. The Balaban J connectivity index is 3.92. The van der Waals surface area contributed by atoms with Crippen molar-refractivity contribution < 1.29 is 4.79 Å². The average molecular weight is 284 g/mol. The van der Waals surface area contributed by atoms with E-state index < -0.39 is 0 Å². The molecule has 0 spiro atoms. The van der Waals surface area contributed by atoms with Crippen molar-refractivity contribution in [1.82, 2.24) is 16.0 Å². The van der Waals surface area contributed by atoms with Gasteiger partial charge in [0.25, 0.3) is 0 Å². The molecule has 0 atom stereocenters. The summed E-state index contributed by atoms with van der Waals surface area (Å²) in [4.78, 5) is 15.8. The van der Waals surface area contributed by atoms with Crippen molar-refractivity contribution in [3.63, 3.8) is 0 Å². The Labute approximate surface area is 124 Å². The number of guanidine groups is 1. The monoisotopic (exact) mass is 284 g/mol. The van der Waals surface area contributed by atoms with Crippen molar-refractivity contribution in [3.05, 3.63) is 0 Å². The molecule has 0 heterocycles. The second-order valence-corrected chi connectivity index (χ2v) is 5.36. The summed E-state index contributed by atoms with van der Waals surface area (Å²) in [6, 6.07) is 0. The number of carbonyl (C=O) groups is 1. The number of carbonyl (C=O) groups excluding carboxylic acids is 1. The van der Waals surface area contributed by atoms with Crippen LogP contribution in [0.3, 0.4) is 0 Å². The smallest absolute Gasteiger partial charge is 0.241 e. The third-order valence-electron chi connectivity index (χ3n) is 2.80. The van der Waals surface area contributed by atoms with Crippen LogP contribution in [-0.2, 0) is 4.79 Å². The van der Waals surface area contributed by atoms with Crippen LogP contribution < -0.4 is 16.0 Å². The van der Waals surface area contributed by atoms with Gasteiger partial charge in [0.1, 0.15) is 6.54 Å². The van der Waals surface area contributed by atoms with E-state index in [1.165, 1.54) is 12.8 Å². The summed E-state index contributed by atoms with van der Waals surface area (Å²) in [5.41, 5.74) is 0. The molecule has 20 heavy (non-hydrogen) atoms. The van der Waals surface area contributed by atoms with Crippen molar-refractivity contribution in [1.29, 1.82) is 0 Å². The van der Waals surface area contributed by atoms with Crippen LogP contribution in [0, 0.1) is 5.92 Å². The fourth-order valence-electron chi connectivity index (χ4n) is 1.70. The van der Waals surface area contributed by atoms with Gasteiger partial charge in [-0.2, -0.15) is 0 Å². The van der Waals surface area contributed by atoms with Gasteiger partial charge in [0.2, 0.25) is 5.91 Å². The lowest BCUT2D eigenvalue weighted by molar-refractivity contribution is -0.119. The number of unbranched alkanes of at least 4 members (excludes halogenated alkanes) is 1.